The molecule has 0 fully saturated rings. The molecule has 11 heavy (non-hydrogen) atoms. The topological polar surface area (TPSA) is 56.0 Å². The van der Waals surface area contributed by atoms with Gasteiger partial charge in [-0.25, -0.2) is 4.39 Å². The Labute approximate surface area is 74.7 Å². The second-order valence-corrected chi connectivity index (χ2v) is 2.72. The molecule has 4 nitrogen and oxygen atoms in total. The molecule has 0 bridgehead atoms. The van der Waals surface area contributed by atoms with Gasteiger partial charge >= 0.3 is 5.82 Å². The second kappa shape index (κ2) is 3.07. The molecule has 1 aromatic rings. The first-order valence-corrected chi connectivity index (χ1v) is 3.65. The van der Waals surface area contributed by atoms with Crippen LogP contribution in [0, 0.1) is 19.6 Å². The quantitative estimate of drug-likeness (QED) is 0.337. The average Bonchev–Trinajstić information content (AvgIpc) is 1.94. The predicted molar refractivity (Wildman–Crippen MR) is 43.6 cm³/mol. The minimum absolute atomic E-state index is 0.0109. The highest BCUT2D eigenvalue weighted by Gasteiger charge is 2.11. The third-order valence-corrected chi connectivity index (χ3v) is 1.73. The van der Waals surface area contributed by atoms with Gasteiger partial charge in [0.05, 0.1) is 0 Å². The fourth-order valence-corrected chi connectivity index (χ4v) is 0.936. The van der Waals surface area contributed by atoms with Crippen LogP contribution in [-0.4, -0.2) is 9.91 Å². The first-order valence-electron chi connectivity index (χ1n) is 2.57. The van der Waals surface area contributed by atoms with Gasteiger partial charge in [0.2, 0.25) is 3.70 Å². The first-order chi connectivity index (χ1) is 5.11. The Morgan fingerprint density at radius 3 is 2.73 bits per heavy atom. The molecule has 58 valence electrons. The van der Waals surface area contributed by atoms with Crippen molar-refractivity contribution in [2.24, 2.45) is 0 Å². The third-order valence-electron chi connectivity index (χ3n) is 0.976. The van der Waals surface area contributed by atoms with Gasteiger partial charge in [-0.15, -0.1) is 0 Å². The van der Waals surface area contributed by atoms with Crippen LogP contribution in [-0.2, 0) is 0 Å². The van der Waals surface area contributed by atoms with Crippen LogP contribution in [0.25, 0.3) is 0 Å². The smallest absolute Gasteiger partial charge is 0.358 e. The highest BCUT2D eigenvalue weighted by Crippen LogP contribution is 2.12. The summed E-state index contributed by atoms with van der Waals surface area (Å²) in [4.78, 5) is 12.8. The highest BCUT2D eigenvalue weighted by molar-refractivity contribution is 14.1. The SMILES string of the molecule is O=[N+]([O-])c1ccc(F)c(I)n1. The summed E-state index contributed by atoms with van der Waals surface area (Å²) in [5.74, 6) is -0.882. The van der Waals surface area contributed by atoms with Gasteiger partial charge in [-0.3, -0.25) is 0 Å². The van der Waals surface area contributed by atoms with Crippen LogP contribution in [0.3, 0.4) is 0 Å². The molecule has 0 unspecified atom stereocenters. The Balaban J connectivity index is 3.15. The number of nitro groups is 1. The maximum absolute atomic E-state index is 12.5. The number of rotatable bonds is 1. The van der Waals surface area contributed by atoms with Gasteiger partial charge in [0, 0.05) is 28.7 Å². The van der Waals surface area contributed by atoms with E-state index in [0.717, 1.165) is 12.1 Å². The maximum atomic E-state index is 12.5. The summed E-state index contributed by atoms with van der Waals surface area (Å²) in [6.45, 7) is 0. The molecule has 1 aromatic heterocycles. The Morgan fingerprint density at radius 2 is 2.27 bits per heavy atom. The molecule has 1 heterocycles. The van der Waals surface area contributed by atoms with Crippen LogP contribution in [0.2, 0.25) is 0 Å². The molecular formula is C5H2FIN2O2. The van der Waals surface area contributed by atoms with E-state index in [2.05, 4.69) is 4.98 Å². The molecule has 0 atom stereocenters. The zero-order valence-corrected chi connectivity index (χ0v) is 7.28. The van der Waals surface area contributed by atoms with Gasteiger partial charge in [-0.1, -0.05) is 0 Å². The van der Waals surface area contributed by atoms with Gasteiger partial charge in [0.15, 0.2) is 5.82 Å². The maximum Gasteiger partial charge on any atom is 0.364 e. The zero-order chi connectivity index (χ0) is 8.43. The van der Waals surface area contributed by atoms with Crippen LogP contribution in [0.5, 0.6) is 0 Å². The van der Waals surface area contributed by atoms with E-state index in [4.69, 9.17) is 0 Å². The lowest BCUT2D eigenvalue weighted by atomic mass is 10.4. The molecule has 0 aliphatic rings. The van der Waals surface area contributed by atoms with Gasteiger partial charge < -0.3 is 10.1 Å². The fourth-order valence-electron chi connectivity index (χ4n) is 0.509. The van der Waals surface area contributed by atoms with Crippen LogP contribution in [0.15, 0.2) is 12.1 Å². The van der Waals surface area contributed by atoms with Crippen LogP contribution >= 0.6 is 22.6 Å². The third kappa shape index (κ3) is 1.82. The van der Waals surface area contributed by atoms with Crippen molar-refractivity contribution in [1.82, 2.24) is 4.98 Å². The van der Waals surface area contributed by atoms with Crippen molar-refractivity contribution in [1.29, 1.82) is 0 Å². The average molecular weight is 268 g/mol. The molecule has 0 radical (unpaired) electrons. The lowest BCUT2D eigenvalue weighted by Crippen LogP contribution is -1.95. The lowest BCUT2D eigenvalue weighted by Gasteiger charge is -1.90. The monoisotopic (exact) mass is 268 g/mol. The molecule has 0 aliphatic carbocycles. The number of pyridine rings is 1. The summed E-state index contributed by atoms with van der Waals surface area (Å²) < 4.78 is 12.5. The minimum atomic E-state index is -0.665. The number of nitrogens with zero attached hydrogens (tertiary/aromatic N) is 2. The second-order valence-electron chi connectivity index (χ2n) is 1.70. The molecule has 0 saturated heterocycles. The van der Waals surface area contributed by atoms with Crippen molar-refractivity contribution >= 4 is 28.4 Å². The van der Waals surface area contributed by atoms with Gasteiger partial charge in [0.25, 0.3) is 0 Å². The van der Waals surface area contributed by atoms with Gasteiger partial charge in [0.1, 0.15) is 0 Å². The Morgan fingerprint density at radius 1 is 1.64 bits per heavy atom. The van der Waals surface area contributed by atoms with E-state index in [1.165, 1.54) is 0 Å². The minimum Gasteiger partial charge on any atom is -0.358 e. The molecule has 1 rings (SSSR count). The van der Waals surface area contributed by atoms with Gasteiger partial charge in [-0.05, 0) is 16.0 Å². The summed E-state index contributed by atoms with van der Waals surface area (Å²) in [6.07, 6.45) is 0. The van der Waals surface area contributed by atoms with Crippen LogP contribution in [0.1, 0.15) is 0 Å². The number of halogens is 2. The zero-order valence-electron chi connectivity index (χ0n) is 5.12. The largest absolute Gasteiger partial charge is 0.364 e. The van der Waals surface area contributed by atoms with Crippen LogP contribution in [0.4, 0.5) is 10.2 Å². The standard InChI is InChI=1S/C5H2FIN2O2/c6-3-1-2-4(9(10)11)8-5(3)7/h1-2H. The molecule has 0 spiro atoms. The van der Waals surface area contributed by atoms with E-state index in [1.807, 2.05) is 0 Å². The molecule has 6 heteroatoms. The molecule has 0 saturated carbocycles. The van der Waals surface area contributed by atoms with E-state index in [-0.39, 0.29) is 9.52 Å². The number of hydrogen-bond acceptors (Lipinski definition) is 3. The Hall–Kier alpha value is -0.790. The Bertz CT molecular complexity index is 305. The first kappa shape index (κ1) is 8.31. The highest BCUT2D eigenvalue weighted by atomic mass is 127. The molecular weight excluding hydrogens is 266 g/mol. The number of hydrogen-bond donors (Lipinski definition) is 0. The van der Waals surface area contributed by atoms with E-state index < -0.39 is 10.7 Å². The van der Waals surface area contributed by atoms with E-state index in [0.29, 0.717) is 0 Å². The molecule has 0 aromatic carbocycles. The van der Waals surface area contributed by atoms with Crippen molar-refractivity contribution in [2.45, 2.75) is 0 Å². The summed E-state index contributed by atoms with van der Waals surface area (Å²) in [6, 6.07) is 2.05. The van der Waals surface area contributed by atoms with E-state index in [1.54, 1.807) is 22.6 Å². The van der Waals surface area contributed by atoms with Gasteiger partial charge in [-0.2, -0.15) is 0 Å². The summed E-state index contributed by atoms with van der Waals surface area (Å²) in [5, 5.41) is 10.1. The molecule has 0 N–H and O–H groups in total. The van der Waals surface area contributed by atoms with E-state index >= 15 is 0 Å². The Kier molecular flexibility index (Phi) is 2.32. The van der Waals surface area contributed by atoms with Crippen molar-refractivity contribution in [2.75, 3.05) is 0 Å². The van der Waals surface area contributed by atoms with Crippen molar-refractivity contribution in [3.05, 3.63) is 31.8 Å². The van der Waals surface area contributed by atoms with Crippen molar-refractivity contribution in [3.63, 3.8) is 0 Å². The fraction of sp³-hybridized carbons (Fsp3) is 0. The number of aromatic nitrogens is 1. The molecule has 0 amide bonds. The summed E-state index contributed by atoms with van der Waals surface area (Å²) >= 11 is 1.59. The molecule has 0 aliphatic heterocycles. The van der Waals surface area contributed by atoms with Crippen molar-refractivity contribution < 1.29 is 9.31 Å². The summed E-state index contributed by atoms with van der Waals surface area (Å²) in [5.41, 5.74) is 0. The van der Waals surface area contributed by atoms with E-state index in [9.17, 15) is 14.5 Å². The summed E-state index contributed by atoms with van der Waals surface area (Å²) in [7, 11) is 0. The lowest BCUT2D eigenvalue weighted by molar-refractivity contribution is -0.389. The normalized spacial score (nSPS) is 9.64. The van der Waals surface area contributed by atoms with Crippen LogP contribution < -0.4 is 0 Å². The predicted octanol–water partition coefficient (Wildman–Crippen LogP) is 1.73. The van der Waals surface area contributed by atoms with Crippen molar-refractivity contribution in [3.8, 4) is 0 Å².